The molecule has 0 saturated carbocycles. The Kier molecular flexibility index (Phi) is 7.73. The maximum Gasteiger partial charge on any atom is 0.243 e. The molecular weight excluding hydrogens is 404 g/mol. The average Bonchev–Trinajstić information content (AvgIpc) is 2.61. The van der Waals surface area contributed by atoms with Gasteiger partial charge in [0.05, 0.1) is 10.6 Å². The van der Waals surface area contributed by atoms with Crippen molar-refractivity contribution in [1.82, 2.24) is 4.31 Å². The number of carbonyl (C=O) groups excluding carboxylic acids is 1. The van der Waals surface area contributed by atoms with Crippen molar-refractivity contribution in [1.29, 1.82) is 0 Å². The second-order valence-electron chi connectivity index (χ2n) is 6.31. The van der Waals surface area contributed by atoms with E-state index in [-0.39, 0.29) is 16.8 Å². The van der Waals surface area contributed by atoms with E-state index < -0.39 is 10.0 Å². The number of carbonyl (C=O) groups is 1. The van der Waals surface area contributed by atoms with Gasteiger partial charge < -0.3 is 5.32 Å². The minimum Gasteiger partial charge on any atom is -0.325 e. The summed E-state index contributed by atoms with van der Waals surface area (Å²) in [6, 6.07) is 13.6. The summed E-state index contributed by atoms with van der Waals surface area (Å²) in [5.41, 5.74) is 1.62. The Morgan fingerprint density at radius 3 is 2.44 bits per heavy atom. The van der Waals surface area contributed by atoms with Crippen LogP contribution in [0.1, 0.15) is 19.4 Å². The minimum atomic E-state index is -3.53. The van der Waals surface area contributed by atoms with Crippen LogP contribution in [0.25, 0.3) is 0 Å². The first-order chi connectivity index (χ1) is 12.7. The van der Waals surface area contributed by atoms with E-state index in [9.17, 15) is 13.2 Å². The molecule has 5 nitrogen and oxygen atoms in total. The van der Waals surface area contributed by atoms with Crippen LogP contribution in [0, 0.1) is 0 Å². The highest BCUT2D eigenvalue weighted by molar-refractivity contribution is 7.99. The van der Waals surface area contributed by atoms with Crippen LogP contribution < -0.4 is 5.32 Å². The third kappa shape index (κ3) is 6.24. The fraction of sp³-hybridized carbons (Fsp3) is 0.316. The Labute approximate surface area is 170 Å². The van der Waals surface area contributed by atoms with Gasteiger partial charge in [0.15, 0.2) is 0 Å². The Hall–Kier alpha value is -1.54. The first kappa shape index (κ1) is 21.8. The number of rotatable bonds is 8. The molecule has 2 rings (SSSR count). The van der Waals surface area contributed by atoms with Crippen LogP contribution in [0.4, 0.5) is 5.69 Å². The molecule has 0 aliphatic carbocycles. The molecule has 0 heterocycles. The zero-order valence-corrected chi connectivity index (χ0v) is 17.9. The zero-order chi connectivity index (χ0) is 20.0. The van der Waals surface area contributed by atoms with Crippen molar-refractivity contribution in [2.45, 2.75) is 30.5 Å². The van der Waals surface area contributed by atoms with Gasteiger partial charge in [0.1, 0.15) is 0 Å². The number of nitrogens with one attached hydrogen (secondary N) is 1. The standard InChI is InChI=1S/C19H23ClN2O3S2/c1-14(2)22(3)27(24,25)18-9-7-17(8-10-18)21-19(23)13-26-12-15-5-4-6-16(20)11-15/h4-11,14H,12-13H2,1-3H3,(H,21,23). The third-order valence-electron chi connectivity index (χ3n) is 3.93. The van der Waals surface area contributed by atoms with Gasteiger partial charge in [-0.05, 0) is 55.8 Å². The fourth-order valence-corrected chi connectivity index (χ4v) is 4.59. The predicted molar refractivity (Wildman–Crippen MR) is 113 cm³/mol. The molecular formula is C19H23ClN2O3S2. The maximum absolute atomic E-state index is 12.4. The van der Waals surface area contributed by atoms with Crippen molar-refractivity contribution >= 4 is 45.0 Å². The van der Waals surface area contributed by atoms with Gasteiger partial charge in [0, 0.05) is 29.6 Å². The largest absolute Gasteiger partial charge is 0.325 e. The molecule has 0 aliphatic heterocycles. The van der Waals surface area contributed by atoms with Gasteiger partial charge >= 0.3 is 0 Å². The molecule has 0 aromatic heterocycles. The van der Waals surface area contributed by atoms with Gasteiger partial charge in [-0.1, -0.05) is 23.7 Å². The SMILES string of the molecule is CC(C)N(C)S(=O)(=O)c1ccc(NC(=O)CSCc2cccc(Cl)c2)cc1. The molecule has 0 saturated heterocycles. The topological polar surface area (TPSA) is 66.5 Å². The Bertz CT molecular complexity index is 884. The van der Waals surface area contributed by atoms with Gasteiger partial charge in [-0.2, -0.15) is 4.31 Å². The number of anilines is 1. The third-order valence-corrected chi connectivity index (χ3v) is 7.22. The average molecular weight is 427 g/mol. The van der Waals surface area contributed by atoms with Crippen LogP contribution in [0.5, 0.6) is 0 Å². The highest BCUT2D eigenvalue weighted by Gasteiger charge is 2.22. The molecule has 0 bridgehead atoms. The number of sulfonamides is 1. The second kappa shape index (κ2) is 9.59. The molecule has 2 aromatic carbocycles. The molecule has 0 fully saturated rings. The van der Waals surface area contributed by atoms with Gasteiger partial charge in [0.2, 0.25) is 15.9 Å². The van der Waals surface area contributed by atoms with Gasteiger partial charge in [-0.15, -0.1) is 11.8 Å². The molecule has 146 valence electrons. The molecule has 0 unspecified atom stereocenters. The predicted octanol–water partition coefficient (Wildman–Crippen LogP) is 4.24. The number of amides is 1. The van der Waals surface area contributed by atoms with E-state index in [1.165, 1.54) is 28.2 Å². The van der Waals surface area contributed by atoms with Crippen molar-refractivity contribution in [2.75, 3.05) is 18.1 Å². The van der Waals surface area contributed by atoms with Crippen LogP contribution in [0.3, 0.4) is 0 Å². The van der Waals surface area contributed by atoms with E-state index >= 15 is 0 Å². The Morgan fingerprint density at radius 2 is 1.85 bits per heavy atom. The number of hydrogen-bond acceptors (Lipinski definition) is 4. The van der Waals surface area contributed by atoms with Crippen LogP contribution in [0.2, 0.25) is 5.02 Å². The van der Waals surface area contributed by atoms with Crippen LogP contribution >= 0.6 is 23.4 Å². The first-order valence-corrected chi connectivity index (χ1v) is 11.4. The zero-order valence-electron chi connectivity index (χ0n) is 15.5. The van der Waals surface area contributed by atoms with Crippen LogP contribution in [0.15, 0.2) is 53.4 Å². The molecule has 0 aliphatic rings. The maximum atomic E-state index is 12.4. The molecule has 8 heteroatoms. The van der Waals surface area contributed by atoms with Crippen molar-refractivity contribution in [3.63, 3.8) is 0 Å². The van der Waals surface area contributed by atoms with Crippen molar-refractivity contribution in [3.8, 4) is 0 Å². The summed E-state index contributed by atoms with van der Waals surface area (Å²) < 4.78 is 26.2. The lowest BCUT2D eigenvalue weighted by molar-refractivity contribution is -0.113. The molecule has 1 amide bonds. The summed E-state index contributed by atoms with van der Waals surface area (Å²) >= 11 is 7.42. The lowest BCUT2D eigenvalue weighted by Crippen LogP contribution is -2.33. The normalized spacial score (nSPS) is 11.8. The summed E-state index contributed by atoms with van der Waals surface area (Å²) in [6.07, 6.45) is 0. The van der Waals surface area contributed by atoms with Crippen LogP contribution in [-0.4, -0.2) is 37.5 Å². The highest BCUT2D eigenvalue weighted by atomic mass is 35.5. The van der Waals surface area contributed by atoms with Gasteiger partial charge in [-0.3, -0.25) is 4.79 Å². The van der Waals surface area contributed by atoms with E-state index in [4.69, 9.17) is 11.6 Å². The first-order valence-electron chi connectivity index (χ1n) is 8.40. The molecule has 0 radical (unpaired) electrons. The molecule has 2 aromatic rings. The summed E-state index contributed by atoms with van der Waals surface area (Å²) in [5.74, 6) is 0.840. The monoisotopic (exact) mass is 426 g/mol. The van der Waals surface area contributed by atoms with Crippen molar-refractivity contribution in [2.24, 2.45) is 0 Å². The number of nitrogens with zero attached hydrogens (tertiary/aromatic N) is 1. The molecule has 1 N–H and O–H groups in total. The van der Waals surface area contributed by atoms with Crippen LogP contribution in [-0.2, 0) is 20.6 Å². The Morgan fingerprint density at radius 1 is 1.19 bits per heavy atom. The summed E-state index contributed by atoms with van der Waals surface area (Å²) in [7, 11) is -1.98. The summed E-state index contributed by atoms with van der Waals surface area (Å²) in [5, 5.41) is 3.45. The number of halogens is 1. The molecule has 0 spiro atoms. The Balaban J connectivity index is 1.89. The lowest BCUT2D eigenvalue weighted by atomic mass is 10.2. The van der Waals surface area contributed by atoms with Crippen molar-refractivity contribution in [3.05, 3.63) is 59.1 Å². The van der Waals surface area contributed by atoms with E-state index in [0.717, 1.165) is 5.56 Å². The number of thioether (sulfide) groups is 1. The van der Waals surface area contributed by atoms with E-state index in [0.29, 0.717) is 22.2 Å². The smallest absolute Gasteiger partial charge is 0.243 e. The number of hydrogen-bond donors (Lipinski definition) is 1. The number of benzene rings is 2. The lowest BCUT2D eigenvalue weighted by Gasteiger charge is -2.21. The molecule has 0 atom stereocenters. The van der Waals surface area contributed by atoms with E-state index in [2.05, 4.69) is 5.32 Å². The second-order valence-corrected chi connectivity index (χ2v) is 9.73. The summed E-state index contributed by atoms with van der Waals surface area (Å²) in [4.78, 5) is 12.3. The fourth-order valence-electron chi connectivity index (χ4n) is 2.24. The van der Waals surface area contributed by atoms with Gasteiger partial charge in [0.25, 0.3) is 0 Å². The highest BCUT2D eigenvalue weighted by Crippen LogP contribution is 2.20. The quantitative estimate of drug-likeness (QED) is 0.685. The van der Waals surface area contributed by atoms with Crippen molar-refractivity contribution < 1.29 is 13.2 Å². The molecule has 27 heavy (non-hydrogen) atoms. The summed E-state index contributed by atoms with van der Waals surface area (Å²) in [6.45, 7) is 3.63. The minimum absolute atomic E-state index is 0.133. The van der Waals surface area contributed by atoms with E-state index in [1.807, 2.05) is 38.1 Å². The van der Waals surface area contributed by atoms with Gasteiger partial charge in [-0.25, -0.2) is 8.42 Å². The van der Waals surface area contributed by atoms with E-state index in [1.54, 1.807) is 19.2 Å².